The highest BCUT2D eigenvalue weighted by Crippen LogP contribution is 2.22. The molecule has 0 saturated heterocycles. The van der Waals surface area contributed by atoms with Gasteiger partial charge < -0.3 is 9.84 Å². The largest absolute Gasteiger partial charge is 0.465 e. The van der Waals surface area contributed by atoms with Crippen molar-refractivity contribution in [2.45, 2.75) is 37.5 Å². The number of hydrogen-bond acceptors (Lipinski definition) is 5. The van der Waals surface area contributed by atoms with Crippen LogP contribution in [0.25, 0.3) is 0 Å². The summed E-state index contributed by atoms with van der Waals surface area (Å²) >= 11 is 0. The molecule has 6 nitrogen and oxygen atoms in total. The Hall–Kier alpha value is -0.800. The Labute approximate surface area is 97.3 Å². The van der Waals surface area contributed by atoms with E-state index in [-0.39, 0.29) is 6.42 Å². The van der Waals surface area contributed by atoms with E-state index in [1.54, 1.807) is 6.92 Å². The van der Waals surface area contributed by atoms with Gasteiger partial charge in [0.1, 0.15) is 0 Å². The van der Waals surface area contributed by atoms with Gasteiger partial charge in [0, 0.05) is 6.42 Å². The molecule has 9 heteroatoms. The SMILES string of the molecule is CCCC(O)CCOC(=O)C(F)(F)S(=O)(=O)O. The Bertz CT molecular complexity index is 353. The van der Waals surface area contributed by atoms with Crippen molar-refractivity contribution >= 4 is 16.1 Å². The van der Waals surface area contributed by atoms with Crippen LogP contribution in [-0.4, -0.2) is 42.0 Å². The fourth-order valence-electron chi connectivity index (χ4n) is 0.955. The minimum Gasteiger partial charge on any atom is -0.460 e. The predicted molar refractivity (Wildman–Crippen MR) is 53.0 cm³/mol. The maximum atomic E-state index is 12.6. The molecule has 1 atom stereocenters. The number of rotatable bonds is 7. The lowest BCUT2D eigenvalue weighted by Crippen LogP contribution is -2.39. The van der Waals surface area contributed by atoms with E-state index in [1.165, 1.54) is 0 Å². The van der Waals surface area contributed by atoms with Crippen molar-refractivity contribution in [3.63, 3.8) is 0 Å². The molecule has 0 saturated carbocycles. The van der Waals surface area contributed by atoms with E-state index < -0.39 is 34.1 Å². The summed E-state index contributed by atoms with van der Waals surface area (Å²) in [6, 6.07) is 0. The van der Waals surface area contributed by atoms with E-state index in [2.05, 4.69) is 4.74 Å². The summed E-state index contributed by atoms with van der Waals surface area (Å²) in [6.45, 7) is 1.24. The lowest BCUT2D eigenvalue weighted by Gasteiger charge is -2.13. The molecule has 0 spiro atoms. The van der Waals surface area contributed by atoms with E-state index in [4.69, 9.17) is 4.55 Å². The highest BCUT2D eigenvalue weighted by atomic mass is 32.2. The average molecular weight is 276 g/mol. The third-order valence-corrected chi connectivity index (χ3v) is 2.68. The summed E-state index contributed by atoms with van der Waals surface area (Å²) in [5.41, 5.74) is 0. The van der Waals surface area contributed by atoms with Crippen molar-refractivity contribution in [3.8, 4) is 0 Å². The first-order valence-corrected chi connectivity index (χ1v) is 6.27. The van der Waals surface area contributed by atoms with Crippen LogP contribution in [0.1, 0.15) is 26.2 Å². The van der Waals surface area contributed by atoms with Crippen molar-refractivity contribution in [1.29, 1.82) is 0 Å². The number of hydrogen-bond donors (Lipinski definition) is 2. The standard InChI is InChI=1S/C8H14F2O6S/c1-2-3-6(11)4-5-16-7(12)8(9,10)17(13,14)15/h6,11H,2-5H2,1H3,(H,13,14,15). The second-order valence-electron chi connectivity index (χ2n) is 3.36. The van der Waals surface area contributed by atoms with Gasteiger partial charge in [-0.3, -0.25) is 4.55 Å². The van der Waals surface area contributed by atoms with Crippen molar-refractivity contribution < 1.29 is 36.4 Å². The first-order valence-electron chi connectivity index (χ1n) is 4.83. The van der Waals surface area contributed by atoms with Gasteiger partial charge in [-0.15, -0.1) is 0 Å². The van der Waals surface area contributed by atoms with Gasteiger partial charge in [0.05, 0.1) is 12.7 Å². The number of carbonyl (C=O) groups is 1. The molecular weight excluding hydrogens is 262 g/mol. The lowest BCUT2D eigenvalue weighted by molar-refractivity contribution is -0.162. The van der Waals surface area contributed by atoms with Gasteiger partial charge in [-0.25, -0.2) is 4.79 Å². The lowest BCUT2D eigenvalue weighted by atomic mass is 10.1. The Balaban J connectivity index is 4.21. The van der Waals surface area contributed by atoms with Crippen LogP contribution < -0.4 is 0 Å². The van der Waals surface area contributed by atoms with Crippen LogP contribution in [0.15, 0.2) is 0 Å². The normalized spacial score (nSPS) is 14.4. The van der Waals surface area contributed by atoms with Crippen LogP contribution in [0.3, 0.4) is 0 Å². The summed E-state index contributed by atoms with van der Waals surface area (Å²) in [4.78, 5) is 10.7. The van der Waals surface area contributed by atoms with E-state index in [0.29, 0.717) is 12.8 Å². The zero-order chi connectivity index (χ0) is 13.7. The summed E-state index contributed by atoms with van der Waals surface area (Å²) in [7, 11) is -5.83. The summed E-state index contributed by atoms with van der Waals surface area (Å²) in [6.07, 6.45) is 0.177. The number of aliphatic hydroxyl groups excluding tert-OH is 1. The van der Waals surface area contributed by atoms with Gasteiger partial charge in [0.15, 0.2) is 0 Å². The second-order valence-corrected chi connectivity index (χ2v) is 4.82. The predicted octanol–water partition coefficient (Wildman–Crippen LogP) is 0.561. The van der Waals surface area contributed by atoms with Crippen LogP contribution in [0, 0.1) is 0 Å². The quantitative estimate of drug-likeness (QED) is 0.520. The second kappa shape index (κ2) is 6.22. The van der Waals surface area contributed by atoms with Crippen molar-refractivity contribution in [1.82, 2.24) is 0 Å². The Morgan fingerprint density at radius 2 is 1.94 bits per heavy atom. The fraction of sp³-hybridized carbons (Fsp3) is 0.875. The molecular formula is C8H14F2O6S. The van der Waals surface area contributed by atoms with Gasteiger partial charge in [-0.2, -0.15) is 17.2 Å². The van der Waals surface area contributed by atoms with E-state index in [1.807, 2.05) is 0 Å². The minimum absolute atomic E-state index is 0.0822. The highest BCUT2D eigenvalue weighted by molar-refractivity contribution is 7.87. The average Bonchev–Trinajstić information content (AvgIpc) is 2.16. The van der Waals surface area contributed by atoms with Crippen molar-refractivity contribution in [3.05, 3.63) is 0 Å². The van der Waals surface area contributed by atoms with Crippen LogP contribution in [0.4, 0.5) is 8.78 Å². The van der Waals surface area contributed by atoms with Crippen LogP contribution in [0.5, 0.6) is 0 Å². The van der Waals surface area contributed by atoms with E-state index >= 15 is 0 Å². The van der Waals surface area contributed by atoms with Crippen LogP contribution >= 0.6 is 0 Å². The molecule has 0 aromatic heterocycles. The van der Waals surface area contributed by atoms with Gasteiger partial charge in [-0.05, 0) is 6.42 Å². The molecule has 0 fully saturated rings. The maximum Gasteiger partial charge on any atom is 0.465 e. The van der Waals surface area contributed by atoms with Crippen LogP contribution in [0.2, 0.25) is 0 Å². The molecule has 2 N–H and O–H groups in total. The van der Waals surface area contributed by atoms with E-state index in [0.717, 1.165) is 0 Å². The van der Waals surface area contributed by atoms with Crippen LogP contribution in [-0.2, 0) is 19.6 Å². The molecule has 0 heterocycles. The van der Waals surface area contributed by atoms with Gasteiger partial charge in [0.2, 0.25) is 0 Å². The first kappa shape index (κ1) is 16.2. The molecule has 0 aliphatic carbocycles. The molecule has 1 unspecified atom stereocenters. The van der Waals surface area contributed by atoms with Gasteiger partial charge in [-0.1, -0.05) is 13.3 Å². The number of halogens is 2. The number of alkyl halides is 2. The molecule has 0 aliphatic rings. The topological polar surface area (TPSA) is 101 Å². The molecule has 0 amide bonds. The molecule has 0 radical (unpaired) electrons. The summed E-state index contributed by atoms with van der Waals surface area (Å²) in [5, 5.41) is 4.19. The van der Waals surface area contributed by atoms with E-state index in [9.17, 15) is 27.1 Å². The number of aliphatic hydroxyl groups is 1. The van der Waals surface area contributed by atoms with Crippen molar-refractivity contribution in [2.75, 3.05) is 6.61 Å². The number of carbonyl (C=O) groups excluding carboxylic acids is 1. The van der Waals surface area contributed by atoms with Gasteiger partial charge in [0.25, 0.3) is 0 Å². The Kier molecular flexibility index (Phi) is 5.93. The zero-order valence-electron chi connectivity index (χ0n) is 9.10. The molecule has 0 aliphatic heterocycles. The zero-order valence-corrected chi connectivity index (χ0v) is 9.91. The summed E-state index contributed by atoms with van der Waals surface area (Å²) in [5.74, 6) is -2.36. The smallest absolute Gasteiger partial charge is 0.460 e. The monoisotopic (exact) mass is 276 g/mol. The third-order valence-electron chi connectivity index (χ3n) is 1.87. The summed E-state index contributed by atoms with van der Waals surface area (Å²) < 4.78 is 57.6. The molecule has 0 rings (SSSR count). The molecule has 0 aromatic rings. The Morgan fingerprint density at radius 3 is 2.35 bits per heavy atom. The Morgan fingerprint density at radius 1 is 1.41 bits per heavy atom. The number of esters is 1. The maximum absolute atomic E-state index is 12.6. The molecule has 0 aromatic carbocycles. The number of ether oxygens (including phenoxy) is 1. The molecule has 17 heavy (non-hydrogen) atoms. The van der Waals surface area contributed by atoms with Gasteiger partial charge >= 0.3 is 21.3 Å². The highest BCUT2D eigenvalue weighted by Gasteiger charge is 2.54. The molecule has 0 bridgehead atoms. The first-order chi connectivity index (χ1) is 7.63. The third kappa shape index (κ3) is 4.92. The van der Waals surface area contributed by atoms with Crippen molar-refractivity contribution in [2.24, 2.45) is 0 Å². The molecule has 102 valence electrons. The minimum atomic E-state index is -5.83. The fourth-order valence-corrected chi connectivity index (χ4v) is 1.22.